The first kappa shape index (κ1) is 21.1. The lowest BCUT2D eigenvalue weighted by molar-refractivity contribution is -0.117. The highest BCUT2D eigenvalue weighted by molar-refractivity contribution is 6.32. The summed E-state index contributed by atoms with van der Waals surface area (Å²) in [5, 5.41) is 13.3. The molecule has 0 fully saturated rings. The van der Waals surface area contributed by atoms with Gasteiger partial charge in [-0.25, -0.2) is 0 Å². The van der Waals surface area contributed by atoms with Crippen LogP contribution in [0.1, 0.15) is 41.7 Å². The molecular formula is C26H25ClN2O2. The lowest BCUT2D eigenvalue weighted by atomic mass is 9.93. The monoisotopic (exact) mass is 432 g/mol. The van der Waals surface area contributed by atoms with Crippen molar-refractivity contribution in [2.45, 2.75) is 39.2 Å². The van der Waals surface area contributed by atoms with Gasteiger partial charge in [-0.3, -0.25) is 9.79 Å². The highest BCUT2D eigenvalue weighted by atomic mass is 35.5. The van der Waals surface area contributed by atoms with Gasteiger partial charge in [0.2, 0.25) is 5.91 Å². The predicted octanol–water partition coefficient (Wildman–Crippen LogP) is 5.57. The van der Waals surface area contributed by atoms with Crippen LogP contribution in [-0.4, -0.2) is 22.8 Å². The van der Waals surface area contributed by atoms with E-state index in [0.29, 0.717) is 22.8 Å². The molecule has 1 atom stereocenters. The first-order valence-corrected chi connectivity index (χ1v) is 11.0. The zero-order chi connectivity index (χ0) is 22.0. The Morgan fingerprint density at radius 2 is 1.74 bits per heavy atom. The molecule has 158 valence electrons. The lowest BCUT2D eigenvalue weighted by Crippen LogP contribution is -2.28. The summed E-state index contributed by atoms with van der Waals surface area (Å²) in [4.78, 5) is 18.1. The number of phenolic OH excluding ortho intramolecular Hbond substituents is 1. The number of phenols is 1. The van der Waals surface area contributed by atoms with E-state index in [9.17, 15) is 9.90 Å². The molecule has 0 spiro atoms. The Kier molecular flexibility index (Phi) is 6.10. The smallest absolute Gasteiger partial charge is 0.249 e. The molecule has 2 N–H and O–H groups in total. The number of hydrogen-bond acceptors (Lipinski definition) is 3. The van der Waals surface area contributed by atoms with E-state index >= 15 is 0 Å². The fraction of sp³-hybridized carbons (Fsp3) is 0.231. The van der Waals surface area contributed by atoms with E-state index in [-0.39, 0.29) is 11.7 Å². The van der Waals surface area contributed by atoms with Gasteiger partial charge >= 0.3 is 0 Å². The minimum atomic E-state index is -0.576. The van der Waals surface area contributed by atoms with Crippen molar-refractivity contribution in [1.82, 2.24) is 0 Å². The van der Waals surface area contributed by atoms with Crippen molar-refractivity contribution in [2.75, 3.05) is 5.32 Å². The topological polar surface area (TPSA) is 61.7 Å². The average molecular weight is 433 g/mol. The quantitative estimate of drug-likeness (QED) is 0.553. The van der Waals surface area contributed by atoms with Gasteiger partial charge in [0.25, 0.3) is 0 Å². The second-order valence-corrected chi connectivity index (χ2v) is 8.12. The molecule has 4 rings (SSSR count). The van der Waals surface area contributed by atoms with Gasteiger partial charge in [0.05, 0.1) is 11.4 Å². The molecule has 0 aliphatic carbocycles. The van der Waals surface area contributed by atoms with Crippen LogP contribution in [0.15, 0.2) is 65.7 Å². The number of nitrogens with one attached hydrogen (secondary N) is 1. The molecule has 0 saturated carbocycles. The standard InChI is InChI=1S/C26H25ClN2O2/c1-3-16-6-5-7-18(21(16)4-2)14-24-26(31)29-23-13-10-19(27)15-22(23)25(28-24)17-8-11-20(30)12-9-17/h5-13,15,24,30H,3-4,14H2,1-2H3,(H,29,31). The van der Waals surface area contributed by atoms with Crippen molar-refractivity contribution in [3.63, 3.8) is 0 Å². The van der Waals surface area contributed by atoms with Crippen LogP contribution in [0.2, 0.25) is 5.02 Å². The van der Waals surface area contributed by atoms with Gasteiger partial charge in [0.1, 0.15) is 11.8 Å². The van der Waals surface area contributed by atoms with Gasteiger partial charge in [-0.2, -0.15) is 0 Å². The number of carbonyl (C=O) groups excluding carboxylic acids is 1. The Bertz CT molecular complexity index is 1150. The largest absolute Gasteiger partial charge is 0.508 e. The Morgan fingerprint density at radius 1 is 1.00 bits per heavy atom. The Balaban J connectivity index is 1.82. The Labute approximate surface area is 187 Å². The number of hydrogen-bond donors (Lipinski definition) is 2. The van der Waals surface area contributed by atoms with E-state index < -0.39 is 6.04 Å². The van der Waals surface area contributed by atoms with Crippen molar-refractivity contribution >= 4 is 28.9 Å². The van der Waals surface area contributed by atoms with Gasteiger partial charge in [-0.15, -0.1) is 0 Å². The predicted molar refractivity (Wildman–Crippen MR) is 127 cm³/mol. The third-order valence-electron chi connectivity index (χ3n) is 5.74. The fourth-order valence-electron chi connectivity index (χ4n) is 4.18. The molecule has 0 aromatic heterocycles. The first-order valence-electron chi connectivity index (χ1n) is 10.6. The van der Waals surface area contributed by atoms with Crippen molar-refractivity contribution in [2.24, 2.45) is 4.99 Å². The van der Waals surface area contributed by atoms with E-state index in [1.54, 1.807) is 30.3 Å². The average Bonchev–Trinajstić information content (AvgIpc) is 2.90. The number of aryl methyl sites for hydroxylation is 1. The number of carbonyl (C=O) groups is 1. The van der Waals surface area contributed by atoms with E-state index in [1.165, 1.54) is 11.1 Å². The zero-order valence-electron chi connectivity index (χ0n) is 17.7. The number of nitrogens with zero attached hydrogens (tertiary/aromatic N) is 1. The highest BCUT2D eigenvalue weighted by Crippen LogP contribution is 2.29. The van der Waals surface area contributed by atoms with Crippen molar-refractivity contribution in [3.8, 4) is 5.75 Å². The summed E-state index contributed by atoms with van der Waals surface area (Å²) in [5.41, 5.74) is 6.72. The highest BCUT2D eigenvalue weighted by Gasteiger charge is 2.27. The molecule has 1 aliphatic rings. The van der Waals surface area contributed by atoms with Crippen LogP contribution in [0.25, 0.3) is 0 Å². The SMILES string of the molecule is CCc1cccc(CC2N=C(c3ccc(O)cc3)c3cc(Cl)ccc3NC2=O)c1CC. The normalized spacial score (nSPS) is 15.6. The summed E-state index contributed by atoms with van der Waals surface area (Å²) < 4.78 is 0. The summed E-state index contributed by atoms with van der Waals surface area (Å²) >= 11 is 6.28. The molecular weight excluding hydrogens is 408 g/mol. The van der Waals surface area contributed by atoms with Gasteiger partial charge in [-0.05, 0) is 72.0 Å². The number of aromatic hydroxyl groups is 1. The van der Waals surface area contributed by atoms with Gasteiger partial charge in [0, 0.05) is 22.6 Å². The van der Waals surface area contributed by atoms with Crippen LogP contribution in [-0.2, 0) is 24.1 Å². The minimum absolute atomic E-state index is 0.138. The molecule has 0 bridgehead atoms. The molecule has 1 amide bonds. The molecule has 31 heavy (non-hydrogen) atoms. The molecule has 0 saturated heterocycles. The summed E-state index contributed by atoms with van der Waals surface area (Å²) in [6.07, 6.45) is 2.39. The van der Waals surface area contributed by atoms with Gasteiger partial charge < -0.3 is 10.4 Å². The van der Waals surface area contributed by atoms with E-state index in [0.717, 1.165) is 29.5 Å². The third kappa shape index (κ3) is 4.35. The molecule has 1 aliphatic heterocycles. The Hall–Kier alpha value is -3.11. The number of fused-ring (bicyclic) bond motifs is 1. The van der Waals surface area contributed by atoms with Gasteiger partial charge in [-0.1, -0.05) is 43.6 Å². The number of amides is 1. The third-order valence-corrected chi connectivity index (χ3v) is 5.98. The van der Waals surface area contributed by atoms with Gasteiger partial charge in [0.15, 0.2) is 0 Å². The van der Waals surface area contributed by atoms with Crippen molar-refractivity contribution < 1.29 is 9.90 Å². The molecule has 5 heteroatoms. The number of anilines is 1. The summed E-state index contributed by atoms with van der Waals surface area (Å²) in [6.45, 7) is 4.30. The lowest BCUT2D eigenvalue weighted by Gasteiger charge is -2.16. The van der Waals surface area contributed by atoms with Crippen molar-refractivity contribution in [3.05, 3.63) is 93.5 Å². The number of halogens is 1. The number of benzodiazepines with no additional fused rings is 1. The van der Waals surface area contributed by atoms with Crippen molar-refractivity contribution in [1.29, 1.82) is 0 Å². The van der Waals surface area contributed by atoms with Crippen LogP contribution >= 0.6 is 11.6 Å². The fourth-order valence-corrected chi connectivity index (χ4v) is 4.35. The number of rotatable bonds is 5. The zero-order valence-corrected chi connectivity index (χ0v) is 18.4. The second kappa shape index (κ2) is 8.94. The van der Waals surface area contributed by atoms with E-state index in [1.807, 2.05) is 12.1 Å². The van der Waals surface area contributed by atoms with Crippen LogP contribution in [0, 0.1) is 0 Å². The molecule has 3 aromatic rings. The molecule has 0 radical (unpaired) electrons. The van der Waals surface area contributed by atoms with E-state index in [4.69, 9.17) is 16.6 Å². The second-order valence-electron chi connectivity index (χ2n) is 7.69. The maximum Gasteiger partial charge on any atom is 0.249 e. The minimum Gasteiger partial charge on any atom is -0.508 e. The van der Waals surface area contributed by atoms with E-state index in [2.05, 4.69) is 37.4 Å². The maximum atomic E-state index is 13.2. The molecule has 3 aromatic carbocycles. The van der Waals surface area contributed by atoms with Crippen LogP contribution in [0.4, 0.5) is 5.69 Å². The summed E-state index contributed by atoms with van der Waals surface area (Å²) in [5.74, 6) is 0.0420. The summed E-state index contributed by atoms with van der Waals surface area (Å²) in [6, 6.07) is 18.0. The molecule has 4 nitrogen and oxygen atoms in total. The first-order chi connectivity index (χ1) is 15.0. The number of aliphatic imine (C=N–C) groups is 1. The van der Waals surface area contributed by atoms with Crippen LogP contribution < -0.4 is 5.32 Å². The number of benzene rings is 3. The Morgan fingerprint density at radius 3 is 2.45 bits per heavy atom. The molecule has 1 heterocycles. The maximum absolute atomic E-state index is 13.2. The van der Waals surface area contributed by atoms with Crippen LogP contribution in [0.3, 0.4) is 0 Å². The molecule has 1 unspecified atom stereocenters. The summed E-state index contributed by atoms with van der Waals surface area (Å²) in [7, 11) is 0. The van der Waals surface area contributed by atoms with Crippen LogP contribution in [0.5, 0.6) is 5.75 Å².